The maximum Gasteiger partial charge on any atom is 0.310 e. The maximum atomic E-state index is 12.7. The molecule has 0 saturated heterocycles. The molecular formula is C25H24O3S. The molecule has 0 N–H and O–H groups in total. The van der Waals surface area contributed by atoms with E-state index in [1.165, 1.54) is 0 Å². The molecule has 0 fully saturated rings. The lowest BCUT2D eigenvalue weighted by atomic mass is 9.93. The molecule has 0 spiro atoms. The summed E-state index contributed by atoms with van der Waals surface area (Å²) in [6.07, 6.45) is 0.597. The van der Waals surface area contributed by atoms with Crippen LogP contribution in [0.2, 0.25) is 0 Å². The highest BCUT2D eigenvalue weighted by atomic mass is 32.1. The van der Waals surface area contributed by atoms with Crippen LogP contribution >= 0.6 is 12.6 Å². The smallest absolute Gasteiger partial charge is 0.310 e. The van der Waals surface area contributed by atoms with Gasteiger partial charge in [-0.15, -0.1) is 0 Å². The highest BCUT2D eigenvalue weighted by Crippen LogP contribution is 2.22. The van der Waals surface area contributed by atoms with Crippen molar-refractivity contribution in [2.24, 2.45) is 5.92 Å². The Bertz CT molecular complexity index is 921. The second-order valence-electron chi connectivity index (χ2n) is 6.96. The molecule has 148 valence electrons. The summed E-state index contributed by atoms with van der Waals surface area (Å²) in [5, 5.41) is 0. The number of ketones is 1. The van der Waals surface area contributed by atoms with Crippen molar-refractivity contribution in [3.05, 3.63) is 96.1 Å². The van der Waals surface area contributed by atoms with Crippen molar-refractivity contribution in [2.75, 3.05) is 5.75 Å². The van der Waals surface area contributed by atoms with E-state index in [9.17, 15) is 9.59 Å². The minimum absolute atomic E-state index is 0.0594. The number of Topliss-reactive ketones (excluding diaryl/α,β-unsaturated/α-hetero) is 1. The zero-order chi connectivity index (χ0) is 20.5. The van der Waals surface area contributed by atoms with Gasteiger partial charge in [0.1, 0.15) is 12.4 Å². The minimum Gasteiger partial charge on any atom is -0.461 e. The van der Waals surface area contributed by atoms with Crippen LogP contribution in [0.25, 0.3) is 11.1 Å². The molecule has 0 amide bonds. The third kappa shape index (κ3) is 6.33. The predicted octanol–water partition coefficient (Wildman–Crippen LogP) is 5.14. The largest absolute Gasteiger partial charge is 0.461 e. The summed E-state index contributed by atoms with van der Waals surface area (Å²) in [7, 11) is 0. The van der Waals surface area contributed by atoms with Crippen LogP contribution in [0.3, 0.4) is 0 Å². The second kappa shape index (κ2) is 10.6. The van der Waals surface area contributed by atoms with Crippen molar-refractivity contribution in [1.82, 2.24) is 0 Å². The first-order valence-corrected chi connectivity index (χ1v) is 10.3. The minimum atomic E-state index is -0.513. The van der Waals surface area contributed by atoms with E-state index in [1.54, 1.807) is 0 Å². The molecule has 0 aromatic heterocycles. The van der Waals surface area contributed by atoms with Crippen LogP contribution in [0.5, 0.6) is 0 Å². The molecule has 0 aliphatic carbocycles. The van der Waals surface area contributed by atoms with Crippen molar-refractivity contribution in [1.29, 1.82) is 0 Å². The van der Waals surface area contributed by atoms with Crippen LogP contribution < -0.4 is 0 Å². The molecular weight excluding hydrogens is 380 g/mol. The van der Waals surface area contributed by atoms with Gasteiger partial charge in [-0.05, 0) is 28.7 Å². The fourth-order valence-electron chi connectivity index (χ4n) is 3.17. The first-order chi connectivity index (χ1) is 14.2. The second-order valence-corrected chi connectivity index (χ2v) is 7.27. The number of carbonyl (C=O) groups is 2. The lowest BCUT2D eigenvalue weighted by molar-refractivity contribution is -0.151. The first kappa shape index (κ1) is 20.9. The molecule has 3 rings (SSSR count). The average Bonchev–Trinajstić information content (AvgIpc) is 2.78. The standard InChI is InChI=1S/C25H24O3S/c26-24(18-29)16-23(25(27)28-17-20-7-3-1-4-8-20)15-19-11-13-22(14-12-19)21-9-5-2-6-10-21/h1-14,23,29H,15-18H2/t23-/m1/s1. The molecule has 1 atom stereocenters. The van der Waals surface area contributed by atoms with Crippen molar-refractivity contribution in [2.45, 2.75) is 19.4 Å². The van der Waals surface area contributed by atoms with E-state index in [4.69, 9.17) is 4.74 Å². The third-order valence-corrected chi connectivity index (χ3v) is 5.10. The molecule has 0 heterocycles. The summed E-state index contributed by atoms with van der Waals surface area (Å²) in [5.74, 6) is -0.803. The van der Waals surface area contributed by atoms with E-state index in [-0.39, 0.29) is 30.5 Å². The molecule has 29 heavy (non-hydrogen) atoms. The molecule has 3 aromatic carbocycles. The van der Waals surface area contributed by atoms with Crippen molar-refractivity contribution in [3.63, 3.8) is 0 Å². The Balaban J connectivity index is 1.67. The van der Waals surface area contributed by atoms with Gasteiger partial charge in [0.25, 0.3) is 0 Å². The van der Waals surface area contributed by atoms with Crippen LogP contribution in [0.15, 0.2) is 84.9 Å². The van der Waals surface area contributed by atoms with Gasteiger partial charge in [0.05, 0.1) is 5.92 Å². The Hall–Kier alpha value is -2.85. The normalized spacial score (nSPS) is 11.6. The summed E-state index contributed by atoms with van der Waals surface area (Å²) in [6, 6.07) is 27.7. The Morgan fingerprint density at radius 3 is 1.97 bits per heavy atom. The third-order valence-electron chi connectivity index (χ3n) is 4.75. The highest BCUT2D eigenvalue weighted by Gasteiger charge is 2.23. The monoisotopic (exact) mass is 404 g/mol. The molecule has 3 aromatic rings. The predicted molar refractivity (Wildman–Crippen MR) is 119 cm³/mol. The van der Waals surface area contributed by atoms with E-state index in [1.807, 2.05) is 72.8 Å². The number of hydrogen-bond donors (Lipinski definition) is 1. The lowest BCUT2D eigenvalue weighted by Crippen LogP contribution is -2.23. The summed E-state index contributed by atoms with van der Waals surface area (Å²) in [6.45, 7) is 0.207. The van der Waals surface area contributed by atoms with Gasteiger partial charge >= 0.3 is 5.97 Å². The van der Waals surface area contributed by atoms with Gasteiger partial charge in [0, 0.05) is 12.2 Å². The number of ether oxygens (including phenoxy) is 1. The van der Waals surface area contributed by atoms with E-state index >= 15 is 0 Å². The fourth-order valence-corrected chi connectivity index (χ4v) is 3.30. The van der Waals surface area contributed by atoms with E-state index < -0.39 is 5.92 Å². The van der Waals surface area contributed by atoms with Gasteiger partial charge in [0.15, 0.2) is 0 Å². The number of rotatable bonds is 9. The molecule has 0 radical (unpaired) electrons. The number of hydrogen-bond acceptors (Lipinski definition) is 4. The van der Waals surface area contributed by atoms with E-state index in [2.05, 4.69) is 24.8 Å². The number of esters is 1. The summed E-state index contributed by atoms with van der Waals surface area (Å²) < 4.78 is 5.48. The van der Waals surface area contributed by atoms with Gasteiger partial charge in [-0.2, -0.15) is 12.6 Å². The Morgan fingerprint density at radius 2 is 1.34 bits per heavy atom. The Kier molecular flexibility index (Phi) is 7.65. The molecule has 0 bridgehead atoms. The highest BCUT2D eigenvalue weighted by molar-refractivity contribution is 7.81. The van der Waals surface area contributed by atoms with Gasteiger partial charge in [-0.1, -0.05) is 84.9 Å². The molecule has 0 unspecified atom stereocenters. The summed E-state index contributed by atoms with van der Waals surface area (Å²) in [4.78, 5) is 24.6. The zero-order valence-electron chi connectivity index (χ0n) is 16.2. The number of carbonyl (C=O) groups excluding carboxylic acids is 2. The molecule has 4 heteroatoms. The lowest BCUT2D eigenvalue weighted by Gasteiger charge is -2.16. The maximum absolute atomic E-state index is 12.7. The van der Waals surface area contributed by atoms with Crippen LogP contribution in [0.1, 0.15) is 17.5 Å². The van der Waals surface area contributed by atoms with Crippen molar-refractivity contribution >= 4 is 24.4 Å². The SMILES string of the molecule is O=C(CS)C[C@@H](Cc1ccc(-c2ccccc2)cc1)C(=O)OCc1ccccc1. The van der Waals surface area contributed by atoms with Gasteiger partial charge in [-0.3, -0.25) is 9.59 Å². The van der Waals surface area contributed by atoms with E-state index in [0.29, 0.717) is 6.42 Å². The summed E-state index contributed by atoms with van der Waals surface area (Å²) in [5.41, 5.74) is 4.18. The van der Waals surface area contributed by atoms with Crippen LogP contribution in [0.4, 0.5) is 0 Å². The van der Waals surface area contributed by atoms with Crippen molar-refractivity contribution in [3.8, 4) is 11.1 Å². The summed E-state index contributed by atoms with van der Waals surface area (Å²) >= 11 is 4.05. The Morgan fingerprint density at radius 1 is 0.759 bits per heavy atom. The zero-order valence-corrected chi connectivity index (χ0v) is 17.1. The molecule has 3 nitrogen and oxygen atoms in total. The first-order valence-electron chi connectivity index (χ1n) is 9.63. The molecule has 0 aliphatic rings. The van der Waals surface area contributed by atoms with Crippen LogP contribution in [0, 0.1) is 5.92 Å². The van der Waals surface area contributed by atoms with Crippen LogP contribution in [-0.4, -0.2) is 17.5 Å². The van der Waals surface area contributed by atoms with Crippen molar-refractivity contribution < 1.29 is 14.3 Å². The average molecular weight is 405 g/mol. The number of benzene rings is 3. The fraction of sp³-hybridized carbons (Fsp3) is 0.200. The Labute approximate surface area is 177 Å². The molecule has 0 saturated carbocycles. The quantitative estimate of drug-likeness (QED) is 0.396. The van der Waals surface area contributed by atoms with Gasteiger partial charge in [0.2, 0.25) is 0 Å². The van der Waals surface area contributed by atoms with Crippen LogP contribution in [-0.2, 0) is 27.4 Å². The molecule has 0 aliphatic heterocycles. The van der Waals surface area contributed by atoms with Gasteiger partial charge < -0.3 is 4.74 Å². The van der Waals surface area contributed by atoms with E-state index in [0.717, 1.165) is 22.3 Å². The number of thiol groups is 1. The topological polar surface area (TPSA) is 43.4 Å². The van der Waals surface area contributed by atoms with Gasteiger partial charge in [-0.25, -0.2) is 0 Å².